The number of likely N-dealkylation sites (tertiary alicyclic amines) is 1. The first kappa shape index (κ1) is 15.0. The highest BCUT2D eigenvalue weighted by Crippen LogP contribution is 2.20. The highest BCUT2D eigenvalue weighted by atomic mass is 16.2. The van der Waals surface area contributed by atoms with E-state index in [0.717, 1.165) is 31.5 Å². The molecule has 2 unspecified atom stereocenters. The minimum atomic E-state index is 0.267. The van der Waals surface area contributed by atoms with E-state index in [2.05, 4.69) is 31.3 Å². The second-order valence-corrected chi connectivity index (χ2v) is 5.86. The smallest absolute Gasteiger partial charge is 0.227 e. The molecule has 2 rings (SSSR count). The number of aryl methyl sites for hydroxylation is 1. The zero-order chi connectivity index (χ0) is 14.5. The van der Waals surface area contributed by atoms with Gasteiger partial charge in [0.1, 0.15) is 0 Å². The summed E-state index contributed by atoms with van der Waals surface area (Å²) in [5.74, 6) is 0.846. The molecule has 3 nitrogen and oxygen atoms in total. The lowest BCUT2D eigenvalue weighted by atomic mass is 9.89. The van der Waals surface area contributed by atoms with Crippen LogP contribution in [-0.4, -0.2) is 37.0 Å². The number of hydrogen-bond acceptors (Lipinski definition) is 2. The predicted molar refractivity (Wildman–Crippen MR) is 82.7 cm³/mol. The van der Waals surface area contributed by atoms with Crippen molar-refractivity contribution in [3.8, 4) is 0 Å². The summed E-state index contributed by atoms with van der Waals surface area (Å²) in [7, 11) is 2.03. The fourth-order valence-electron chi connectivity index (χ4n) is 3.16. The third kappa shape index (κ3) is 3.60. The summed E-state index contributed by atoms with van der Waals surface area (Å²) in [5, 5.41) is 3.38. The Morgan fingerprint density at radius 3 is 2.90 bits per heavy atom. The van der Waals surface area contributed by atoms with Crippen LogP contribution in [-0.2, 0) is 11.2 Å². The summed E-state index contributed by atoms with van der Waals surface area (Å²) < 4.78 is 0. The quantitative estimate of drug-likeness (QED) is 0.914. The van der Waals surface area contributed by atoms with Crippen molar-refractivity contribution in [2.24, 2.45) is 5.92 Å². The van der Waals surface area contributed by atoms with Crippen LogP contribution in [0.25, 0.3) is 0 Å². The van der Waals surface area contributed by atoms with Crippen LogP contribution in [0.5, 0.6) is 0 Å². The Kier molecular flexibility index (Phi) is 5.18. The molecule has 1 aliphatic rings. The Morgan fingerprint density at radius 1 is 1.45 bits per heavy atom. The van der Waals surface area contributed by atoms with Gasteiger partial charge in [-0.1, -0.05) is 43.2 Å². The number of carbonyl (C=O) groups is 1. The average Bonchev–Trinajstić information content (AvgIpc) is 2.46. The summed E-state index contributed by atoms with van der Waals surface area (Å²) in [6, 6.07) is 8.81. The Morgan fingerprint density at radius 2 is 2.25 bits per heavy atom. The van der Waals surface area contributed by atoms with Crippen LogP contribution in [0.3, 0.4) is 0 Å². The molecule has 1 fully saturated rings. The number of piperidine rings is 1. The number of amides is 1. The maximum Gasteiger partial charge on any atom is 0.227 e. The van der Waals surface area contributed by atoms with Gasteiger partial charge in [0.05, 0.1) is 6.42 Å². The van der Waals surface area contributed by atoms with Crippen molar-refractivity contribution < 1.29 is 4.79 Å². The van der Waals surface area contributed by atoms with Gasteiger partial charge in [-0.2, -0.15) is 0 Å². The van der Waals surface area contributed by atoms with E-state index >= 15 is 0 Å². The molecule has 2 atom stereocenters. The normalized spacial score (nSPS) is 22.9. The van der Waals surface area contributed by atoms with Gasteiger partial charge < -0.3 is 10.2 Å². The highest BCUT2D eigenvalue weighted by Gasteiger charge is 2.29. The molecule has 0 aliphatic carbocycles. The first-order valence-corrected chi connectivity index (χ1v) is 7.64. The molecule has 20 heavy (non-hydrogen) atoms. The molecule has 1 saturated heterocycles. The minimum Gasteiger partial charge on any atom is -0.342 e. The summed E-state index contributed by atoms with van der Waals surface area (Å²) >= 11 is 0. The molecule has 0 radical (unpaired) electrons. The molecular weight excluding hydrogens is 248 g/mol. The maximum atomic E-state index is 12.4. The van der Waals surface area contributed by atoms with Gasteiger partial charge in [0.2, 0.25) is 5.91 Å². The molecule has 1 aromatic rings. The van der Waals surface area contributed by atoms with Gasteiger partial charge in [-0.05, 0) is 31.9 Å². The van der Waals surface area contributed by atoms with Crippen LogP contribution >= 0.6 is 0 Å². The molecule has 0 bridgehead atoms. The Labute approximate surface area is 122 Å². The van der Waals surface area contributed by atoms with Crippen LogP contribution < -0.4 is 5.32 Å². The van der Waals surface area contributed by atoms with Crippen LogP contribution in [0.4, 0.5) is 0 Å². The molecule has 1 amide bonds. The van der Waals surface area contributed by atoms with Crippen LogP contribution in [0, 0.1) is 12.8 Å². The molecular formula is C17H26N2O. The van der Waals surface area contributed by atoms with Crippen molar-refractivity contribution in [2.45, 2.75) is 39.2 Å². The van der Waals surface area contributed by atoms with Gasteiger partial charge in [-0.25, -0.2) is 0 Å². The molecule has 110 valence electrons. The Balaban J connectivity index is 1.96. The molecule has 1 aliphatic heterocycles. The molecule has 1 heterocycles. The molecule has 3 heteroatoms. The predicted octanol–water partition coefficient (Wildman–Crippen LogP) is 2.38. The third-order valence-corrected chi connectivity index (χ3v) is 4.42. The van der Waals surface area contributed by atoms with Gasteiger partial charge in [-0.3, -0.25) is 4.79 Å². The standard InChI is InChI=1S/C17H26N2O/c1-4-15-12-19(9-8-16(15)18-3)17(20)11-14-7-5-6-13(2)10-14/h5-7,10,15-16,18H,4,8-9,11-12H2,1-3H3. The van der Waals surface area contributed by atoms with E-state index in [0.29, 0.717) is 18.4 Å². The Hall–Kier alpha value is -1.35. The molecule has 1 aromatic carbocycles. The maximum absolute atomic E-state index is 12.4. The number of carbonyl (C=O) groups excluding carboxylic acids is 1. The van der Waals surface area contributed by atoms with Crippen molar-refractivity contribution in [1.29, 1.82) is 0 Å². The second kappa shape index (κ2) is 6.89. The lowest BCUT2D eigenvalue weighted by Gasteiger charge is -2.38. The van der Waals surface area contributed by atoms with E-state index in [1.807, 2.05) is 24.1 Å². The SMILES string of the molecule is CCC1CN(C(=O)Cc2cccc(C)c2)CCC1NC. The second-order valence-electron chi connectivity index (χ2n) is 5.86. The van der Waals surface area contributed by atoms with Crippen molar-refractivity contribution in [2.75, 3.05) is 20.1 Å². The minimum absolute atomic E-state index is 0.267. The zero-order valence-corrected chi connectivity index (χ0v) is 12.9. The van der Waals surface area contributed by atoms with Gasteiger partial charge >= 0.3 is 0 Å². The first-order valence-electron chi connectivity index (χ1n) is 7.64. The number of nitrogens with zero attached hydrogens (tertiary/aromatic N) is 1. The average molecular weight is 274 g/mol. The fourth-order valence-corrected chi connectivity index (χ4v) is 3.16. The van der Waals surface area contributed by atoms with E-state index < -0.39 is 0 Å². The summed E-state index contributed by atoms with van der Waals surface area (Å²) in [5.41, 5.74) is 2.34. The number of benzene rings is 1. The molecule has 0 spiro atoms. The van der Waals surface area contributed by atoms with E-state index in [9.17, 15) is 4.79 Å². The number of rotatable bonds is 4. The Bertz CT molecular complexity index is 458. The van der Waals surface area contributed by atoms with Gasteiger partial charge in [0.15, 0.2) is 0 Å². The lowest BCUT2D eigenvalue weighted by molar-refractivity contribution is -0.132. The van der Waals surface area contributed by atoms with Crippen molar-refractivity contribution >= 4 is 5.91 Å². The van der Waals surface area contributed by atoms with E-state index in [1.165, 1.54) is 5.56 Å². The van der Waals surface area contributed by atoms with E-state index in [1.54, 1.807) is 0 Å². The largest absolute Gasteiger partial charge is 0.342 e. The van der Waals surface area contributed by atoms with Gasteiger partial charge in [0.25, 0.3) is 0 Å². The topological polar surface area (TPSA) is 32.3 Å². The van der Waals surface area contributed by atoms with Crippen molar-refractivity contribution in [3.63, 3.8) is 0 Å². The monoisotopic (exact) mass is 274 g/mol. The lowest BCUT2D eigenvalue weighted by Crippen LogP contribution is -2.50. The van der Waals surface area contributed by atoms with Crippen LogP contribution in [0.1, 0.15) is 30.9 Å². The highest BCUT2D eigenvalue weighted by molar-refractivity contribution is 5.79. The summed E-state index contributed by atoms with van der Waals surface area (Å²) in [6.07, 6.45) is 2.72. The number of hydrogen-bond donors (Lipinski definition) is 1. The van der Waals surface area contributed by atoms with E-state index in [-0.39, 0.29) is 5.91 Å². The summed E-state index contributed by atoms with van der Waals surface area (Å²) in [4.78, 5) is 14.5. The molecule has 0 aromatic heterocycles. The zero-order valence-electron chi connectivity index (χ0n) is 12.9. The van der Waals surface area contributed by atoms with Crippen molar-refractivity contribution in [3.05, 3.63) is 35.4 Å². The van der Waals surface area contributed by atoms with E-state index in [4.69, 9.17) is 0 Å². The first-order chi connectivity index (χ1) is 9.63. The van der Waals surface area contributed by atoms with Crippen LogP contribution in [0.15, 0.2) is 24.3 Å². The third-order valence-electron chi connectivity index (χ3n) is 4.42. The molecule has 0 saturated carbocycles. The fraction of sp³-hybridized carbons (Fsp3) is 0.588. The summed E-state index contributed by atoms with van der Waals surface area (Å²) in [6.45, 7) is 6.06. The van der Waals surface area contributed by atoms with Gasteiger partial charge in [0, 0.05) is 19.1 Å². The van der Waals surface area contributed by atoms with Crippen LogP contribution in [0.2, 0.25) is 0 Å². The number of nitrogens with one attached hydrogen (secondary N) is 1. The van der Waals surface area contributed by atoms with Gasteiger partial charge in [-0.15, -0.1) is 0 Å². The molecule has 1 N–H and O–H groups in total. The van der Waals surface area contributed by atoms with Crippen molar-refractivity contribution in [1.82, 2.24) is 10.2 Å².